The summed E-state index contributed by atoms with van der Waals surface area (Å²) in [6.45, 7) is 6.35. The van der Waals surface area contributed by atoms with Crippen molar-refractivity contribution in [3.05, 3.63) is 85.1 Å². The maximum Gasteiger partial charge on any atom is 0.309 e. The van der Waals surface area contributed by atoms with Crippen molar-refractivity contribution in [3.63, 3.8) is 0 Å². The Morgan fingerprint density at radius 2 is 0.780 bits per heavy atom. The minimum Gasteiger partial charge on any atom is -0.462 e. The zero-order valence-electron chi connectivity index (χ0n) is 38.2. The summed E-state index contributed by atoms with van der Waals surface area (Å²) in [5.41, 5.74) is 0. The van der Waals surface area contributed by atoms with Crippen LogP contribution in [0.5, 0.6) is 0 Å². The van der Waals surface area contributed by atoms with Crippen LogP contribution in [0.1, 0.15) is 213 Å². The van der Waals surface area contributed by atoms with E-state index in [1.807, 2.05) is 6.08 Å². The summed E-state index contributed by atoms with van der Waals surface area (Å²) in [5.74, 6) is -1.07. The van der Waals surface area contributed by atoms with E-state index in [4.69, 9.17) is 14.2 Å². The topological polar surface area (TPSA) is 78.9 Å². The summed E-state index contributed by atoms with van der Waals surface area (Å²) in [5, 5.41) is 0. The summed E-state index contributed by atoms with van der Waals surface area (Å²) < 4.78 is 16.6. The summed E-state index contributed by atoms with van der Waals surface area (Å²) in [4.78, 5) is 37.7. The Balaban J connectivity index is 4.44. The molecule has 0 rings (SSSR count). The van der Waals surface area contributed by atoms with Gasteiger partial charge in [0.1, 0.15) is 13.2 Å². The van der Waals surface area contributed by atoms with Gasteiger partial charge in [0.2, 0.25) is 0 Å². The Hall–Kier alpha value is -3.41. The lowest BCUT2D eigenvalue weighted by Crippen LogP contribution is -2.30. The predicted octanol–water partition coefficient (Wildman–Crippen LogP) is 15.6. The van der Waals surface area contributed by atoms with Gasteiger partial charge >= 0.3 is 17.9 Å². The van der Waals surface area contributed by atoms with Crippen LogP contribution in [0.4, 0.5) is 0 Å². The monoisotopic (exact) mass is 821 g/mol. The Morgan fingerprint density at radius 1 is 0.390 bits per heavy atom. The number of hydrogen-bond acceptors (Lipinski definition) is 6. The van der Waals surface area contributed by atoms with Crippen LogP contribution in [0.3, 0.4) is 0 Å². The molecule has 0 aromatic carbocycles. The minimum absolute atomic E-state index is 0.115. The van der Waals surface area contributed by atoms with Gasteiger partial charge in [-0.05, 0) is 57.8 Å². The van der Waals surface area contributed by atoms with E-state index in [0.717, 1.165) is 83.5 Å². The van der Waals surface area contributed by atoms with E-state index >= 15 is 0 Å². The van der Waals surface area contributed by atoms with Gasteiger partial charge in [-0.25, -0.2) is 0 Å². The maximum absolute atomic E-state index is 12.7. The van der Waals surface area contributed by atoms with E-state index in [1.165, 1.54) is 89.9 Å². The van der Waals surface area contributed by atoms with Crippen molar-refractivity contribution in [2.75, 3.05) is 13.2 Å². The molecule has 0 fully saturated rings. The number of esters is 3. The van der Waals surface area contributed by atoms with E-state index < -0.39 is 12.1 Å². The molecule has 0 bridgehead atoms. The lowest BCUT2D eigenvalue weighted by molar-refractivity contribution is -0.166. The second-order valence-corrected chi connectivity index (χ2v) is 15.8. The summed E-state index contributed by atoms with van der Waals surface area (Å²) in [7, 11) is 0. The molecule has 1 atom stereocenters. The summed E-state index contributed by atoms with van der Waals surface area (Å²) in [6, 6.07) is 0. The molecule has 0 aromatic rings. The molecular formula is C53H88O6. The van der Waals surface area contributed by atoms with Gasteiger partial charge in [-0.2, -0.15) is 0 Å². The van der Waals surface area contributed by atoms with Gasteiger partial charge in [0, 0.05) is 12.8 Å². The number of hydrogen-bond donors (Lipinski definition) is 0. The third kappa shape index (κ3) is 45.5. The largest absolute Gasteiger partial charge is 0.462 e. The fourth-order valence-corrected chi connectivity index (χ4v) is 6.40. The minimum atomic E-state index is -0.818. The molecular weight excluding hydrogens is 733 g/mol. The van der Waals surface area contributed by atoms with Crippen LogP contribution in [0.15, 0.2) is 85.1 Å². The van der Waals surface area contributed by atoms with Crippen LogP contribution in [0.2, 0.25) is 0 Å². The fourth-order valence-electron chi connectivity index (χ4n) is 6.40. The predicted molar refractivity (Wildman–Crippen MR) is 251 cm³/mol. The van der Waals surface area contributed by atoms with Gasteiger partial charge in [0.15, 0.2) is 6.10 Å². The Bertz CT molecular complexity index is 1170. The molecule has 0 saturated heterocycles. The number of carbonyl (C=O) groups is 3. The molecule has 59 heavy (non-hydrogen) atoms. The first-order valence-corrected chi connectivity index (χ1v) is 24.1. The van der Waals surface area contributed by atoms with Crippen LogP contribution < -0.4 is 0 Å². The van der Waals surface area contributed by atoms with E-state index in [-0.39, 0.29) is 31.6 Å². The highest BCUT2D eigenvalue weighted by Crippen LogP contribution is 2.14. The van der Waals surface area contributed by atoms with Crippen molar-refractivity contribution in [2.45, 2.75) is 219 Å². The molecule has 0 aliphatic carbocycles. The van der Waals surface area contributed by atoms with Crippen molar-refractivity contribution in [2.24, 2.45) is 0 Å². The number of allylic oxidation sites excluding steroid dienone is 13. The molecule has 0 aromatic heterocycles. The molecule has 0 heterocycles. The zero-order chi connectivity index (χ0) is 43.0. The van der Waals surface area contributed by atoms with Crippen LogP contribution in [0.25, 0.3) is 0 Å². The highest BCUT2D eigenvalue weighted by Gasteiger charge is 2.19. The average Bonchev–Trinajstić information content (AvgIpc) is 3.23. The molecule has 0 radical (unpaired) electrons. The molecule has 6 heteroatoms. The van der Waals surface area contributed by atoms with E-state index in [1.54, 1.807) is 6.08 Å². The number of carbonyl (C=O) groups excluding carboxylic acids is 3. The summed E-state index contributed by atoms with van der Waals surface area (Å²) in [6.07, 6.45) is 60.2. The average molecular weight is 821 g/mol. The second-order valence-electron chi connectivity index (χ2n) is 15.8. The fraction of sp³-hybridized carbons (Fsp3) is 0.679. The van der Waals surface area contributed by atoms with Crippen molar-refractivity contribution >= 4 is 17.9 Å². The lowest BCUT2D eigenvalue weighted by Gasteiger charge is -2.18. The highest BCUT2D eigenvalue weighted by atomic mass is 16.6. The smallest absolute Gasteiger partial charge is 0.309 e. The molecule has 0 spiro atoms. The van der Waals surface area contributed by atoms with Gasteiger partial charge < -0.3 is 14.2 Å². The van der Waals surface area contributed by atoms with Crippen LogP contribution in [-0.2, 0) is 28.6 Å². The molecule has 0 saturated carbocycles. The lowest BCUT2D eigenvalue weighted by atomic mass is 10.0. The van der Waals surface area contributed by atoms with Crippen LogP contribution in [-0.4, -0.2) is 37.2 Å². The molecule has 0 aliphatic heterocycles. The maximum atomic E-state index is 12.7. The highest BCUT2D eigenvalue weighted by molar-refractivity contribution is 5.72. The Kier molecular flexibility index (Phi) is 44.5. The first-order valence-electron chi connectivity index (χ1n) is 24.1. The Morgan fingerprint density at radius 3 is 1.31 bits per heavy atom. The SMILES string of the molecule is CC/C=C\C/C=C\C/C=C\CC(=O)OCC(COC(=O)CCCCCCC\C=C/C=C\C=C/C=C\CCCCC)OC(=O)CCCCCCCCCCCCCCCC. The molecule has 336 valence electrons. The first-order chi connectivity index (χ1) is 29.0. The van der Waals surface area contributed by atoms with E-state index in [2.05, 4.69) is 93.7 Å². The summed E-state index contributed by atoms with van der Waals surface area (Å²) >= 11 is 0. The molecule has 0 aliphatic rings. The first kappa shape index (κ1) is 55.6. The van der Waals surface area contributed by atoms with Crippen LogP contribution >= 0.6 is 0 Å². The third-order valence-corrected chi connectivity index (χ3v) is 10.0. The number of ether oxygens (including phenoxy) is 3. The van der Waals surface area contributed by atoms with Gasteiger partial charge in [-0.15, -0.1) is 0 Å². The quantitative estimate of drug-likeness (QED) is 0.0201. The van der Waals surface area contributed by atoms with Crippen molar-refractivity contribution in [3.8, 4) is 0 Å². The molecule has 0 amide bonds. The van der Waals surface area contributed by atoms with Gasteiger partial charge in [-0.1, -0.05) is 221 Å². The normalized spacial score (nSPS) is 12.8. The van der Waals surface area contributed by atoms with Gasteiger partial charge in [0.05, 0.1) is 6.42 Å². The molecule has 6 nitrogen and oxygen atoms in total. The third-order valence-electron chi connectivity index (χ3n) is 10.0. The van der Waals surface area contributed by atoms with E-state index in [0.29, 0.717) is 12.8 Å². The standard InChI is InChI=1S/C53H88O6/c1-4-7-10-13-16-19-21-23-25-26-27-28-30-31-34-37-40-43-46-52(55)58-49-50(48-57-51(54)45-42-39-36-33-18-15-12-9-6-3)59-53(56)47-44-41-38-35-32-29-24-22-20-17-14-11-8-5-2/h9,12,16,18-19,21,23,25-28,33,39,42,50H,4-8,10-11,13-15,17,20,22,24,29-32,34-38,40-41,43-49H2,1-3H3/b12-9-,19-16-,23-21-,26-25-,28-27-,33-18-,42-39-. The number of rotatable bonds is 42. The van der Waals surface area contributed by atoms with Crippen molar-refractivity contribution < 1.29 is 28.6 Å². The van der Waals surface area contributed by atoms with Crippen LogP contribution in [0, 0.1) is 0 Å². The van der Waals surface area contributed by atoms with Gasteiger partial charge in [-0.3, -0.25) is 14.4 Å². The van der Waals surface area contributed by atoms with Gasteiger partial charge in [0.25, 0.3) is 0 Å². The zero-order valence-corrected chi connectivity index (χ0v) is 38.2. The molecule has 1 unspecified atom stereocenters. The number of unbranched alkanes of at least 4 members (excludes halogenated alkanes) is 21. The Labute approximate surface area is 363 Å². The van der Waals surface area contributed by atoms with Crippen molar-refractivity contribution in [1.29, 1.82) is 0 Å². The van der Waals surface area contributed by atoms with Crippen molar-refractivity contribution in [1.82, 2.24) is 0 Å². The second kappa shape index (κ2) is 47.3. The van der Waals surface area contributed by atoms with E-state index in [9.17, 15) is 14.4 Å². The molecule has 0 N–H and O–H groups in total.